The normalized spacial score (nSPS) is 10.7. The number of carbonyl (C=O) groups is 2. The van der Waals surface area contributed by atoms with Crippen molar-refractivity contribution < 1.29 is 14.7 Å². The highest BCUT2D eigenvalue weighted by Crippen LogP contribution is 2.33. The lowest BCUT2D eigenvalue weighted by Gasteiger charge is -2.04. The Morgan fingerprint density at radius 3 is 2.52 bits per heavy atom. The van der Waals surface area contributed by atoms with Crippen molar-refractivity contribution in [3.8, 4) is 0 Å². The van der Waals surface area contributed by atoms with Gasteiger partial charge in [0.2, 0.25) is 0 Å². The van der Waals surface area contributed by atoms with E-state index in [4.69, 9.17) is 10.8 Å². The fourth-order valence-corrected chi connectivity index (χ4v) is 3.18. The van der Waals surface area contributed by atoms with Gasteiger partial charge >= 0.3 is 5.97 Å². The van der Waals surface area contributed by atoms with Crippen LogP contribution < -0.4 is 11.1 Å². The molecule has 0 aliphatic rings. The highest BCUT2D eigenvalue weighted by molar-refractivity contribution is 7.21. The molecule has 0 bridgehead atoms. The Balaban J connectivity index is 1.88. The maximum Gasteiger partial charge on any atom is 0.335 e. The highest BCUT2D eigenvalue weighted by atomic mass is 32.1. The Hall–Kier alpha value is -2.93. The van der Waals surface area contributed by atoms with Crippen LogP contribution in [0.15, 0.2) is 36.4 Å². The van der Waals surface area contributed by atoms with Crippen LogP contribution in [-0.4, -0.2) is 22.0 Å². The van der Waals surface area contributed by atoms with E-state index in [1.807, 2.05) is 19.1 Å². The van der Waals surface area contributed by atoms with Gasteiger partial charge in [-0.15, -0.1) is 11.3 Å². The van der Waals surface area contributed by atoms with Gasteiger partial charge in [0.05, 0.1) is 11.3 Å². The van der Waals surface area contributed by atoms with Crippen LogP contribution in [-0.2, 0) is 0 Å². The largest absolute Gasteiger partial charge is 0.478 e. The van der Waals surface area contributed by atoms with E-state index in [9.17, 15) is 9.59 Å². The van der Waals surface area contributed by atoms with E-state index in [0.29, 0.717) is 21.1 Å². The molecule has 3 rings (SSSR count). The van der Waals surface area contributed by atoms with Crippen molar-refractivity contribution in [2.24, 2.45) is 0 Å². The second kappa shape index (κ2) is 5.69. The molecule has 0 aliphatic carbocycles. The number of amides is 1. The Morgan fingerprint density at radius 1 is 1.17 bits per heavy atom. The number of aromatic nitrogens is 1. The number of nitrogens with two attached hydrogens (primary N) is 1. The van der Waals surface area contributed by atoms with Gasteiger partial charge in [0.25, 0.3) is 5.91 Å². The van der Waals surface area contributed by atoms with Gasteiger partial charge in [0.15, 0.2) is 0 Å². The summed E-state index contributed by atoms with van der Waals surface area (Å²) in [5.41, 5.74) is 7.95. The van der Waals surface area contributed by atoms with Crippen molar-refractivity contribution in [2.45, 2.75) is 6.92 Å². The quantitative estimate of drug-likeness (QED) is 0.685. The van der Waals surface area contributed by atoms with Crippen LogP contribution in [0.5, 0.6) is 0 Å². The number of benzene rings is 1. The van der Waals surface area contributed by atoms with E-state index >= 15 is 0 Å². The standard InChI is InChI=1S/C16H13N3O3S/c1-8-2-7-11-12(17)13(23-15(11)18-8)14(20)19-10-5-3-9(4-6-10)16(21)22/h2-7H,17H2,1H3,(H,19,20)(H,21,22). The van der Waals surface area contributed by atoms with Crippen molar-refractivity contribution >= 4 is 44.8 Å². The number of carboxylic acid groups (broad SMARTS) is 1. The first-order valence-electron chi connectivity index (χ1n) is 6.76. The number of pyridine rings is 1. The molecule has 1 aromatic carbocycles. The van der Waals surface area contributed by atoms with Crippen molar-refractivity contribution in [3.63, 3.8) is 0 Å². The van der Waals surface area contributed by atoms with Crippen LogP contribution in [0.1, 0.15) is 25.7 Å². The third kappa shape index (κ3) is 2.86. The maximum absolute atomic E-state index is 12.4. The topological polar surface area (TPSA) is 105 Å². The second-order valence-corrected chi connectivity index (χ2v) is 5.99. The molecule has 3 aromatic rings. The number of nitrogen functional groups attached to an aromatic ring is 1. The summed E-state index contributed by atoms with van der Waals surface area (Å²) in [6.45, 7) is 1.87. The van der Waals surface area contributed by atoms with Gasteiger partial charge in [0, 0.05) is 16.8 Å². The number of anilines is 2. The molecule has 0 saturated carbocycles. The number of rotatable bonds is 3. The van der Waals surface area contributed by atoms with Gasteiger partial charge in [-0.1, -0.05) is 0 Å². The Labute approximate surface area is 135 Å². The molecule has 116 valence electrons. The fourth-order valence-electron chi connectivity index (χ4n) is 2.14. The molecule has 7 heteroatoms. The molecule has 0 unspecified atom stereocenters. The Bertz CT molecular complexity index is 916. The molecule has 0 radical (unpaired) electrons. The summed E-state index contributed by atoms with van der Waals surface area (Å²) in [4.78, 5) is 28.7. The number of aromatic carboxylic acids is 1. The third-order valence-corrected chi connectivity index (χ3v) is 4.44. The highest BCUT2D eigenvalue weighted by Gasteiger charge is 2.17. The molecule has 6 nitrogen and oxygen atoms in total. The lowest BCUT2D eigenvalue weighted by molar-refractivity contribution is 0.0696. The van der Waals surface area contributed by atoms with Crippen molar-refractivity contribution in [3.05, 3.63) is 52.5 Å². The number of aryl methyl sites for hydroxylation is 1. The van der Waals surface area contributed by atoms with E-state index in [2.05, 4.69) is 10.3 Å². The molecule has 0 spiro atoms. The van der Waals surface area contributed by atoms with E-state index in [1.54, 1.807) is 0 Å². The SMILES string of the molecule is Cc1ccc2c(N)c(C(=O)Nc3ccc(C(=O)O)cc3)sc2n1. The average Bonchev–Trinajstić information content (AvgIpc) is 2.84. The van der Waals surface area contributed by atoms with Crippen LogP contribution >= 0.6 is 11.3 Å². The molecule has 0 saturated heterocycles. The molecule has 23 heavy (non-hydrogen) atoms. The lowest BCUT2D eigenvalue weighted by atomic mass is 10.2. The van der Waals surface area contributed by atoms with Crippen LogP contribution in [0, 0.1) is 6.92 Å². The van der Waals surface area contributed by atoms with E-state index < -0.39 is 5.97 Å². The van der Waals surface area contributed by atoms with Gasteiger partial charge in [-0.25, -0.2) is 9.78 Å². The zero-order chi connectivity index (χ0) is 16.6. The molecular weight excluding hydrogens is 314 g/mol. The van der Waals surface area contributed by atoms with E-state index in [0.717, 1.165) is 11.1 Å². The molecule has 4 N–H and O–H groups in total. The molecule has 0 atom stereocenters. The van der Waals surface area contributed by atoms with Gasteiger partial charge < -0.3 is 16.2 Å². The zero-order valence-corrected chi connectivity index (χ0v) is 13.0. The first kappa shape index (κ1) is 15.0. The number of nitrogens with one attached hydrogen (secondary N) is 1. The molecule has 0 fully saturated rings. The third-order valence-electron chi connectivity index (χ3n) is 3.33. The van der Waals surface area contributed by atoms with Gasteiger partial charge in [-0.05, 0) is 43.3 Å². The Kier molecular flexibility index (Phi) is 3.71. The molecule has 2 aromatic heterocycles. The first-order valence-corrected chi connectivity index (χ1v) is 7.57. The number of nitrogens with zero attached hydrogens (tertiary/aromatic N) is 1. The van der Waals surface area contributed by atoms with Gasteiger partial charge in [-0.3, -0.25) is 4.79 Å². The molecule has 1 amide bonds. The second-order valence-electron chi connectivity index (χ2n) is 4.99. The summed E-state index contributed by atoms with van der Waals surface area (Å²) >= 11 is 1.23. The van der Waals surface area contributed by atoms with Crippen LogP contribution in [0.25, 0.3) is 10.2 Å². The number of carboxylic acids is 1. The Morgan fingerprint density at radius 2 is 1.87 bits per heavy atom. The van der Waals surface area contributed by atoms with E-state index in [1.165, 1.54) is 35.6 Å². The number of fused-ring (bicyclic) bond motifs is 1. The smallest absolute Gasteiger partial charge is 0.335 e. The predicted molar refractivity (Wildman–Crippen MR) is 90.1 cm³/mol. The summed E-state index contributed by atoms with van der Waals surface area (Å²) in [5, 5.41) is 12.3. The van der Waals surface area contributed by atoms with Gasteiger partial charge in [0.1, 0.15) is 9.71 Å². The van der Waals surface area contributed by atoms with Crippen LogP contribution in [0.4, 0.5) is 11.4 Å². The maximum atomic E-state index is 12.4. The average molecular weight is 327 g/mol. The minimum atomic E-state index is -1.02. The number of thiophene rings is 1. The van der Waals surface area contributed by atoms with Crippen LogP contribution in [0.2, 0.25) is 0 Å². The minimum Gasteiger partial charge on any atom is -0.478 e. The number of hydrogen-bond donors (Lipinski definition) is 3. The van der Waals surface area contributed by atoms with Crippen LogP contribution in [0.3, 0.4) is 0 Å². The first-order chi connectivity index (χ1) is 11.0. The number of hydrogen-bond acceptors (Lipinski definition) is 5. The molecule has 0 aliphatic heterocycles. The van der Waals surface area contributed by atoms with Crippen molar-refractivity contribution in [1.29, 1.82) is 0 Å². The minimum absolute atomic E-state index is 0.157. The van der Waals surface area contributed by atoms with Gasteiger partial charge in [-0.2, -0.15) is 0 Å². The lowest BCUT2D eigenvalue weighted by Crippen LogP contribution is -2.12. The van der Waals surface area contributed by atoms with Crippen molar-refractivity contribution in [1.82, 2.24) is 4.98 Å². The van der Waals surface area contributed by atoms with E-state index in [-0.39, 0.29) is 11.5 Å². The summed E-state index contributed by atoms with van der Waals surface area (Å²) in [5.74, 6) is -1.36. The fraction of sp³-hybridized carbons (Fsp3) is 0.0625. The molecule has 2 heterocycles. The predicted octanol–water partition coefficient (Wildman–Crippen LogP) is 3.14. The summed E-state index contributed by atoms with van der Waals surface area (Å²) in [6, 6.07) is 9.62. The molecular formula is C16H13N3O3S. The zero-order valence-electron chi connectivity index (χ0n) is 12.2. The number of carbonyl (C=O) groups excluding carboxylic acids is 1. The summed E-state index contributed by atoms with van der Waals surface area (Å²) < 4.78 is 0. The summed E-state index contributed by atoms with van der Waals surface area (Å²) in [6.07, 6.45) is 0. The van der Waals surface area contributed by atoms with Crippen molar-refractivity contribution in [2.75, 3.05) is 11.1 Å². The monoisotopic (exact) mass is 327 g/mol. The summed E-state index contributed by atoms with van der Waals surface area (Å²) in [7, 11) is 0.